The van der Waals surface area contributed by atoms with Crippen molar-refractivity contribution in [1.82, 2.24) is 4.98 Å². The van der Waals surface area contributed by atoms with Crippen molar-refractivity contribution in [2.45, 2.75) is 50.5 Å². The summed E-state index contributed by atoms with van der Waals surface area (Å²) in [6, 6.07) is 17.8. The van der Waals surface area contributed by atoms with Crippen LogP contribution in [-0.4, -0.2) is 10.1 Å². The summed E-state index contributed by atoms with van der Waals surface area (Å²) >= 11 is 6.72. The largest absolute Gasteiger partial charge is 0.456 e. The van der Waals surface area contributed by atoms with Crippen molar-refractivity contribution in [3.8, 4) is 11.5 Å². The number of anilines is 2. The predicted molar refractivity (Wildman–Crippen MR) is 131 cm³/mol. The van der Waals surface area contributed by atoms with Gasteiger partial charge >= 0.3 is 0 Å². The smallest absolute Gasteiger partial charge is 0.146 e. The van der Waals surface area contributed by atoms with Crippen molar-refractivity contribution < 1.29 is 9.84 Å². The molecule has 170 valence electrons. The minimum Gasteiger partial charge on any atom is -0.456 e. The average molecular weight is 461 g/mol. The van der Waals surface area contributed by atoms with E-state index >= 15 is 0 Å². The number of aliphatic hydroxyl groups is 1. The summed E-state index contributed by atoms with van der Waals surface area (Å²) < 4.78 is 6.12. The summed E-state index contributed by atoms with van der Waals surface area (Å²) in [7, 11) is 0. The molecule has 5 heteroatoms. The second kappa shape index (κ2) is 8.34. The van der Waals surface area contributed by atoms with Gasteiger partial charge in [0.1, 0.15) is 17.3 Å². The maximum atomic E-state index is 9.48. The number of halogens is 1. The molecule has 0 aliphatic heterocycles. The minimum absolute atomic E-state index is 0.0604. The van der Waals surface area contributed by atoms with Gasteiger partial charge in [-0.3, -0.25) is 0 Å². The number of hydrogen-bond acceptors (Lipinski definition) is 4. The second-order valence-electron chi connectivity index (χ2n) is 10.3. The zero-order chi connectivity index (χ0) is 22.4. The summed E-state index contributed by atoms with van der Waals surface area (Å²) in [5, 5.41) is 13.4. The van der Waals surface area contributed by atoms with Crippen LogP contribution in [-0.2, 0) is 12.0 Å². The van der Waals surface area contributed by atoms with Crippen LogP contribution in [0.5, 0.6) is 11.5 Å². The summed E-state index contributed by atoms with van der Waals surface area (Å²) in [5.74, 6) is 4.82. The number of hydrogen-bond donors (Lipinski definition) is 2. The molecule has 0 saturated heterocycles. The maximum absolute atomic E-state index is 9.48. The van der Waals surface area contributed by atoms with E-state index in [0.29, 0.717) is 22.0 Å². The minimum atomic E-state index is -0.0604. The number of aliphatic hydroxyl groups excluding tert-OH is 1. The fourth-order valence-corrected chi connectivity index (χ4v) is 7.15. The van der Waals surface area contributed by atoms with Gasteiger partial charge in [0.05, 0.1) is 11.6 Å². The average Bonchev–Trinajstić information content (AvgIpc) is 2.81. The van der Waals surface area contributed by atoms with Crippen LogP contribution in [0.3, 0.4) is 0 Å². The molecule has 4 aliphatic carbocycles. The third-order valence-electron chi connectivity index (χ3n) is 7.99. The highest BCUT2D eigenvalue weighted by Gasteiger charge is 2.51. The van der Waals surface area contributed by atoms with Crippen molar-refractivity contribution in [3.05, 3.63) is 76.9 Å². The summed E-state index contributed by atoms with van der Waals surface area (Å²) in [6.45, 7) is -0.0604. The zero-order valence-corrected chi connectivity index (χ0v) is 19.4. The molecule has 2 aromatic carbocycles. The van der Waals surface area contributed by atoms with Crippen LogP contribution in [0.2, 0.25) is 5.02 Å². The van der Waals surface area contributed by atoms with E-state index in [9.17, 15) is 5.11 Å². The first kappa shape index (κ1) is 21.0. The molecule has 4 nitrogen and oxygen atoms in total. The fourth-order valence-electron chi connectivity index (χ4n) is 6.93. The lowest BCUT2D eigenvalue weighted by Gasteiger charge is -2.57. The molecule has 1 heterocycles. The van der Waals surface area contributed by atoms with E-state index in [2.05, 4.69) is 22.4 Å². The van der Waals surface area contributed by atoms with E-state index in [1.54, 1.807) is 6.20 Å². The van der Waals surface area contributed by atoms with Crippen molar-refractivity contribution in [1.29, 1.82) is 0 Å². The first-order valence-electron chi connectivity index (χ1n) is 12.0. The predicted octanol–water partition coefficient (Wildman–Crippen LogP) is 7.23. The number of nitrogens with one attached hydrogen (secondary N) is 1. The molecule has 1 aromatic heterocycles. The van der Waals surface area contributed by atoms with Gasteiger partial charge in [-0.25, -0.2) is 4.98 Å². The molecule has 4 fully saturated rings. The van der Waals surface area contributed by atoms with Gasteiger partial charge in [-0.1, -0.05) is 23.7 Å². The van der Waals surface area contributed by atoms with E-state index in [0.717, 1.165) is 34.8 Å². The normalized spacial score (nSPS) is 27.5. The van der Waals surface area contributed by atoms with Crippen molar-refractivity contribution >= 4 is 23.1 Å². The topological polar surface area (TPSA) is 54.4 Å². The Morgan fingerprint density at radius 3 is 2.30 bits per heavy atom. The van der Waals surface area contributed by atoms with Gasteiger partial charge in [-0.05, 0) is 110 Å². The molecule has 4 aliphatic rings. The standard InChI is InChI=1S/C28H29ClN2O2/c29-25-13-22(28-14-18-10-19(15-28)12-20(11-18)16-28)3-8-26(25)33-24-6-4-23(5-7-24)31-27-21(17-32)2-1-9-30-27/h1-9,13,18-20,32H,10-12,14-17H2,(H,30,31). The van der Waals surface area contributed by atoms with E-state index in [4.69, 9.17) is 16.3 Å². The van der Waals surface area contributed by atoms with Gasteiger partial charge in [0.2, 0.25) is 0 Å². The summed E-state index contributed by atoms with van der Waals surface area (Å²) in [5.41, 5.74) is 3.37. The molecule has 4 saturated carbocycles. The van der Waals surface area contributed by atoms with Crippen molar-refractivity contribution in [2.75, 3.05) is 5.32 Å². The first-order chi connectivity index (χ1) is 16.1. The molecule has 0 spiro atoms. The number of benzene rings is 2. The number of pyridine rings is 1. The highest BCUT2D eigenvalue weighted by Crippen LogP contribution is 2.61. The Morgan fingerprint density at radius 2 is 1.67 bits per heavy atom. The summed E-state index contributed by atoms with van der Waals surface area (Å²) in [4.78, 5) is 4.30. The molecule has 0 unspecified atom stereocenters. The monoisotopic (exact) mass is 460 g/mol. The first-order valence-corrected chi connectivity index (χ1v) is 12.4. The van der Waals surface area contributed by atoms with Gasteiger partial charge in [-0.15, -0.1) is 0 Å². The lowest BCUT2D eigenvalue weighted by molar-refractivity contribution is -0.00519. The number of ether oxygens (including phenoxy) is 1. The lowest BCUT2D eigenvalue weighted by Crippen LogP contribution is -2.48. The second-order valence-corrected chi connectivity index (χ2v) is 10.7. The molecule has 4 bridgehead atoms. The number of rotatable bonds is 6. The van der Waals surface area contributed by atoms with Crippen molar-refractivity contribution in [3.63, 3.8) is 0 Å². The summed E-state index contributed by atoms with van der Waals surface area (Å²) in [6.07, 6.45) is 10.0. The van der Waals surface area contributed by atoms with Crippen LogP contribution in [0.1, 0.15) is 49.7 Å². The molecule has 2 N–H and O–H groups in total. The van der Waals surface area contributed by atoms with E-state index in [1.165, 1.54) is 44.1 Å². The SMILES string of the molecule is OCc1cccnc1Nc1ccc(Oc2ccc(C34CC5CC(CC(C5)C3)C4)cc2Cl)cc1. The molecular formula is C28H29ClN2O2. The molecule has 0 radical (unpaired) electrons. The van der Waals surface area contributed by atoms with E-state index in [-0.39, 0.29) is 6.61 Å². The van der Waals surface area contributed by atoms with Gasteiger partial charge < -0.3 is 15.2 Å². The molecule has 7 rings (SSSR count). The van der Waals surface area contributed by atoms with Gasteiger partial charge in [0, 0.05) is 17.4 Å². The quantitative estimate of drug-likeness (QED) is 0.407. The Kier molecular flexibility index (Phi) is 5.31. The van der Waals surface area contributed by atoms with Crippen LogP contribution in [0, 0.1) is 17.8 Å². The molecule has 0 atom stereocenters. The van der Waals surface area contributed by atoms with Gasteiger partial charge in [0.15, 0.2) is 0 Å². The van der Waals surface area contributed by atoms with E-state index < -0.39 is 0 Å². The fraction of sp³-hybridized carbons (Fsp3) is 0.393. The van der Waals surface area contributed by atoms with Crippen LogP contribution in [0.4, 0.5) is 11.5 Å². The van der Waals surface area contributed by atoms with E-state index in [1.807, 2.05) is 42.5 Å². The van der Waals surface area contributed by atoms with Gasteiger partial charge in [0.25, 0.3) is 0 Å². The third-order valence-corrected chi connectivity index (χ3v) is 8.28. The highest BCUT2D eigenvalue weighted by molar-refractivity contribution is 6.32. The van der Waals surface area contributed by atoms with Gasteiger partial charge in [-0.2, -0.15) is 0 Å². The van der Waals surface area contributed by atoms with Crippen LogP contribution < -0.4 is 10.1 Å². The van der Waals surface area contributed by atoms with Crippen LogP contribution >= 0.6 is 11.6 Å². The number of nitrogens with zero attached hydrogens (tertiary/aromatic N) is 1. The Labute approximate surface area is 200 Å². The molecule has 0 amide bonds. The Hall–Kier alpha value is -2.56. The van der Waals surface area contributed by atoms with Crippen LogP contribution in [0.15, 0.2) is 60.8 Å². The Balaban J connectivity index is 1.17. The van der Waals surface area contributed by atoms with Crippen LogP contribution in [0.25, 0.3) is 0 Å². The lowest BCUT2D eigenvalue weighted by atomic mass is 9.48. The molecule has 3 aromatic rings. The molecule has 33 heavy (non-hydrogen) atoms. The zero-order valence-electron chi connectivity index (χ0n) is 18.6. The Bertz CT molecular complexity index is 1130. The Morgan fingerprint density at radius 1 is 0.970 bits per heavy atom. The molecular weight excluding hydrogens is 432 g/mol. The maximum Gasteiger partial charge on any atom is 0.146 e. The number of aromatic nitrogens is 1. The van der Waals surface area contributed by atoms with Crippen molar-refractivity contribution in [2.24, 2.45) is 17.8 Å². The highest BCUT2D eigenvalue weighted by atomic mass is 35.5. The third kappa shape index (κ3) is 4.00.